The highest BCUT2D eigenvalue weighted by Crippen LogP contribution is 2.67. The monoisotopic (exact) mass is 547 g/mol. The molecule has 1 saturated heterocycles. The third kappa shape index (κ3) is 4.47. The Balaban J connectivity index is 1.80. The molecule has 1 aromatic heterocycles. The average Bonchev–Trinajstić information content (AvgIpc) is 3.30. The number of Topliss-reactive ketones (excluding diaryl/α,β-unsaturated/α-hetero) is 1. The number of hydrogen-bond acceptors (Lipinski definition) is 9. The Morgan fingerprint density at radius 2 is 2.00 bits per heavy atom. The Morgan fingerprint density at radius 1 is 1.31 bits per heavy atom. The Kier molecular flexibility index (Phi) is 7.69. The lowest BCUT2D eigenvalue weighted by atomic mass is 9.39. The van der Waals surface area contributed by atoms with E-state index in [9.17, 15) is 19.8 Å². The van der Waals surface area contributed by atoms with E-state index in [2.05, 4.69) is 23.8 Å². The van der Waals surface area contributed by atoms with E-state index in [1.165, 1.54) is 13.0 Å². The third-order valence-corrected chi connectivity index (χ3v) is 9.74. The van der Waals surface area contributed by atoms with Gasteiger partial charge in [-0.1, -0.05) is 45.4 Å². The van der Waals surface area contributed by atoms with Crippen LogP contribution in [0.2, 0.25) is 0 Å². The van der Waals surface area contributed by atoms with E-state index in [0.29, 0.717) is 18.5 Å². The summed E-state index contributed by atoms with van der Waals surface area (Å²) in [6.07, 6.45) is 3.31. The first-order chi connectivity index (χ1) is 18.1. The zero-order valence-electron chi connectivity index (χ0n) is 24.4. The number of ketones is 1. The van der Waals surface area contributed by atoms with Crippen LogP contribution in [-0.2, 0) is 37.0 Å². The van der Waals surface area contributed by atoms with Gasteiger partial charge in [-0.05, 0) is 38.5 Å². The molecule has 2 heterocycles. The maximum absolute atomic E-state index is 14.2. The summed E-state index contributed by atoms with van der Waals surface area (Å²) in [6, 6.07) is 0. The lowest BCUT2D eigenvalue weighted by molar-refractivity contribution is -0.373. The van der Waals surface area contributed by atoms with E-state index in [-0.39, 0.29) is 13.0 Å². The molecule has 3 fully saturated rings. The molecule has 0 bridgehead atoms. The second kappa shape index (κ2) is 10.0. The number of hydrogen-bond donors (Lipinski definition) is 2. The van der Waals surface area contributed by atoms with Gasteiger partial charge in [0.25, 0.3) is 0 Å². The van der Waals surface area contributed by atoms with Crippen LogP contribution in [0, 0.1) is 16.7 Å². The molecule has 0 spiro atoms. The summed E-state index contributed by atoms with van der Waals surface area (Å²) in [5, 5.41) is 33.2. The number of esters is 1. The van der Waals surface area contributed by atoms with Crippen LogP contribution in [0.1, 0.15) is 86.3 Å². The summed E-state index contributed by atoms with van der Waals surface area (Å²) in [7, 11) is 0. The van der Waals surface area contributed by atoms with Crippen LogP contribution < -0.4 is 0 Å². The number of unbranched alkanes of at least 4 members (excludes halogenated alkanes) is 1. The summed E-state index contributed by atoms with van der Waals surface area (Å²) < 4.78 is 20.5. The van der Waals surface area contributed by atoms with Gasteiger partial charge in [0.1, 0.15) is 11.3 Å². The second-order valence-corrected chi connectivity index (χ2v) is 13.0. The van der Waals surface area contributed by atoms with Crippen LogP contribution in [0.4, 0.5) is 0 Å². The smallest absolute Gasteiger partial charge is 0.303 e. The summed E-state index contributed by atoms with van der Waals surface area (Å²) in [5.41, 5.74) is -6.22. The molecule has 0 unspecified atom stereocenters. The fourth-order valence-corrected chi connectivity index (χ4v) is 7.91. The van der Waals surface area contributed by atoms with Crippen LogP contribution in [0.15, 0.2) is 18.9 Å². The molecule has 4 rings (SSSR count). The molecule has 0 radical (unpaired) electrons. The van der Waals surface area contributed by atoms with Crippen LogP contribution in [0.3, 0.4) is 0 Å². The van der Waals surface area contributed by atoms with Crippen LogP contribution in [0.5, 0.6) is 0 Å². The SMILES string of the molecule is C=C[C@@]1(C)CC(=O)[C@]2(O)[C@@]3(C)[C@@H](OCc4cn(CCCC)nn4)CCC(C)(C)[C@@H]3[C@H](O)[C@H](OC(C)=O)[C@@]2(C)O1. The highest BCUT2D eigenvalue weighted by Gasteiger charge is 2.81. The summed E-state index contributed by atoms with van der Waals surface area (Å²) in [6.45, 7) is 17.2. The molecule has 39 heavy (non-hydrogen) atoms. The second-order valence-electron chi connectivity index (χ2n) is 13.0. The van der Waals surface area contributed by atoms with E-state index < -0.39 is 63.6 Å². The fourth-order valence-electron chi connectivity index (χ4n) is 7.91. The number of carbonyl (C=O) groups excluding carboxylic acids is 2. The van der Waals surface area contributed by atoms with Crippen molar-refractivity contribution >= 4 is 11.8 Å². The minimum atomic E-state index is -2.15. The zero-order chi connectivity index (χ0) is 29.0. The molecule has 2 aliphatic carbocycles. The molecule has 0 aromatic carbocycles. The van der Waals surface area contributed by atoms with Crippen LogP contribution >= 0.6 is 0 Å². The number of fused-ring (bicyclic) bond motifs is 3. The zero-order valence-corrected chi connectivity index (χ0v) is 24.4. The van der Waals surface area contributed by atoms with Gasteiger partial charge < -0.3 is 24.4 Å². The van der Waals surface area contributed by atoms with Gasteiger partial charge >= 0.3 is 5.97 Å². The van der Waals surface area contributed by atoms with Crippen LogP contribution in [0.25, 0.3) is 0 Å². The standard InChI is InChI=1S/C29H45N3O7/c1-9-11-14-32-16-19(30-31-32)17-37-21-12-13-25(4,5)23-22(35)24(38-18(3)33)28(8)29(36,27(21,23)7)20(34)15-26(6,10-2)39-28/h10,16,21-24,35-36H,2,9,11-15,17H2,1,3-8H3/t21-,22-,23-,24-,26-,27-,28+,29-/m0/s1. The van der Waals surface area contributed by atoms with Crippen molar-refractivity contribution in [3.05, 3.63) is 24.5 Å². The summed E-state index contributed by atoms with van der Waals surface area (Å²) >= 11 is 0. The number of ether oxygens (including phenoxy) is 3. The van der Waals surface area contributed by atoms with Gasteiger partial charge in [-0.2, -0.15) is 0 Å². The average molecular weight is 548 g/mol. The van der Waals surface area contributed by atoms with E-state index >= 15 is 0 Å². The molecule has 10 nitrogen and oxygen atoms in total. The maximum atomic E-state index is 14.2. The van der Waals surface area contributed by atoms with Crippen molar-refractivity contribution in [2.45, 2.75) is 129 Å². The Morgan fingerprint density at radius 3 is 2.62 bits per heavy atom. The third-order valence-electron chi connectivity index (χ3n) is 9.74. The quantitative estimate of drug-likeness (QED) is 0.372. The van der Waals surface area contributed by atoms with Crippen molar-refractivity contribution in [1.82, 2.24) is 15.0 Å². The highest BCUT2D eigenvalue weighted by atomic mass is 16.6. The highest BCUT2D eigenvalue weighted by molar-refractivity contribution is 5.92. The molecule has 10 heteroatoms. The van der Waals surface area contributed by atoms with Crippen molar-refractivity contribution < 1.29 is 34.0 Å². The first kappa shape index (κ1) is 29.8. The van der Waals surface area contributed by atoms with Gasteiger partial charge in [0, 0.05) is 31.2 Å². The number of aromatic nitrogens is 3. The van der Waals surface area contributed by atoms with Gasteiger partial charge in [0.15, 0.2) is 17.5 Å². The predicted molar refractivity (Wildman–Crippen MR) is 142 cm³/mol. The van der Waals surface area contributed by atoms with E-state index in [1.807, 2.05) is 27.0 Å². The Bertz CT molecular complexity index is 1120. The van der Waals surface area contributed by atoms with Gasteiger partial charge in [-0.15, -0.1) is 11.7 Å². The molecule has 1 aliphatic heterocycles. The fraction of sp³-hybridized carbons (Fsp3) is 0.793. The molecule has 1 aromatic rings. The molecule has 0 amide bonds. The summed E-state index contributed by atoms with van der Waals surface area (Å²) in [5.74, 6) is -1.75. The Labute approximate surface area is 231 Å². The van der Waals surface area contributed by atoms with Gasteiger partial charge in [-0.3, -0.25) is 14.3 Å². The lowest BCUT2D eigenvalue weighted by Crippen LogP contribution is -2.86. The molecule has 2 saturated carbocycles. The van der Waals surface area contributed by atoms with Crippen molar-refractivity contribution in [1.29, 1.82) is 0 Å². The van der Waals surface area contributed by atoms with E-state index in [1.54, 1.807) is 18.5 Å². The van der Waals surface area contributed by atoms with E-state index in [4.69, 9.17) is 14.2 Å². The molecular formula is C29H45N3O7. The van der Waals surface area contributed by atoms with Gasteiger partial charge in [0.05, 0.1) is 30.6 Å². The topological polar surface area (TPSA) is 133 Å². The van der Waals surface area contributed by atoms with Crippen molar-refractivity contribution in [3.8, 4) is 0 Å². The molecular weight excluding hydrogens is 502 g/mol. The number of rotatable bonds is 8. The Hall–Kier alpha value is -2.14. The number of carbonyl (C=O) groups is 2. The molecule has 8 atom stereocenters. The van der Waals surface area contributed by atoms with Gasteiger partial charge in [-0.25, -0.2) is 0 Å². The molecule has 3 aliphatic rings. The van der Waals surface area contributed by atoms with Crippen LogP contribution in [-0.4, -0.2) is 72.1 Å². The summed E-state index contributed by atoms with van der Waals surface area (Å²) in [4.78, 5) is 26.5. The number of aliphatic hydroxyl groups excluding tert-OH is 1. The number of nitrogens with zero attached hydrogens (tertiary/aromatic N) is 3. The lowest BCUT2D eigenvalue weighted by Gasteiger charge is -2.71. The largest absolute Gasteiger partial charge is 0.457 e. The minimum absolute atomic E-state index is 0.118. The van der Waals surface area contributed by atoms with Crippen molar-refractivity contribution in [3.63, 3.8) is 0 Å². The first-order valence-electron chi connectivity index (χ1n) is 14.0. The molecule has 218 valence electrons. The van der Waals surface area contributed by atoms with Gasteiger partial charge in [0.2, 0.25) is 0 Å². The molecule has 2 N–H and O–H groups in total. The predicted octanol–water partition coefficient (Wildman–Crippen LogP) is 3.14. The van der Waals surface area contributed by atoms with Crippen molar-refractivity contribution in [2.24, 2.45) is 16.7 Å². The first-order valence-corrected chi connectivity index (χ1v) is 14.0. The van der Waals surface area contributed by atoms with E-state index in [0.717, 1.165) is 19.4 Å². The van der Waals surface area contributed by atoms with Crippen molar-refractivity contribution in [2.75, 3.05) is 0 Å². The number of aryl methyl sites for hydroxylation is 1. The normalized spacial score (nSPS) is 41.4. The number of aliphatic hydroxyl groups is 2. The maximum Gasteiger partial charge on any atom is 0.303 e. The minimum Gasteiger partial charge on any atom is -0.457 e.